The van der Waals surface area contributed by atoms with Crippen molar-refractivity contribution in [1.29, 1.82) is 0 Å². The van der Waals surface area contributed by atoms with Gasteiger partial charge in [0.15, 0.2) is 5.76 Å². The molecule has 2 aromatic rings. The minimum Gasteiger partial charge on any atom is -0.485 e. The van der Waals surface area contributed by atoms with Crippen LogP contribution in [0.1, 0.15) is 35.6 Å². The van der Waals surface area contributed by atoms with Crippen molar-refractivity contribution in [2.75, 3.05) is 0 Å². The van der Waals surface area contributed by atoms with Crippen molar-refractivity contribution in [2.24, 2.45) is 0 Å². The highest BCUT2D eigenvalue weighted by atomic mass is 16.5. The molecule has 1 unspecified atom stereocenters. The molecule has 4 heteroatoms. The normalized spacial score (nSPS) is 12.4. The molecule has 1 aromatic heterocycles. The molecule has 2 rings (SSSR count). The number of ether oxygens (including phenoxy) is 1. The molecule has 0 aliphatic heterocycles. The van der Waals surface area contributed by atoms with Gasteiger partial charge in [0.25, 0.3) is 0 Å². The fourth-order valence-corrected chi connectivity index (χ4v) is 1.74. The molecule has 0 bridgehead atoms. The average molecular weight is 247 g/mol. The van der Waals surface area contributed by atoms with E-state index in [0.29, 0.717) is 18.1 Å². The topological polar surface area (TPSA) is 55.5 Å². The second-order valence-corrected chi connectivity index (χ2v) is 4.44. The Hall–Kier alpha value is -1.81. The van der Waals surface area contributed by atoms with Gasteiger partial charge in [0.1, 0.15) is 12.4 Å². The zero-order valence-corrected chi connectivity index (χ0v) is 10.8. The summed E-state index contributed by atoms with van der Waals surface area (Å²) in [5.74, 6) is 1.35. The summed E-state index contributed by atoms with van der Waals surface area (Å²) in [4.78, 5) is 0. The van der Waals surface area contributed by atoms with Crippen molar-refractivity contribution >= 4 is 0 Å². The third-order valence-electron chi connectivity index (χ3n) is 2.67. The van der Waals surface area contributed by atoms with Crippen LogP contribution in [0.5, 0.6) is 5.75 Å². The molecule has 0 amide bonds. The Morgan fingerprint density at radius 1 is 1.33 bits per heavy atom. The largest absolute Gasteiger partial charge is 0.485 e. The van der Waals surface area contributed by atoms with Crippen LogP contribution in [0.2, 0.25) is 0 Å². The standard InChI is InChI=1S/C14H17NO3/c1-9-4-5-13(11(3)16)14(6-9)17-8-12-7-10(2)15-18-12/h4-7,11,16H,8H2,1-3H3. The highest BCUT2D eigenvalue weighted by molar-refractivity contribution is 5.38. The van der Waals surface area contributed by atoms with Crippen LogP contribution >= 0.6 is 0 Å². The number of hydrogen-bond acceptors (Lipinski definition) is 4. The fraction of sp³-hybridized carbons (Fsp3) is 0.357. The smallest absolute Gasteiger partial charge is 0.174 e. The number of nitrogens with zero attached hydrogens (tertiary/aromatic N) is 1. The van der Waals surface area contributed by atoms with Gasteiger partial charge in [-0.05, 0) is 32.4 Å². The Labute approximate surface area is 106 Å². The van der Waals surface area contributed by atoms with Crippen molar-refractivity contribution in [3.8, 4) is 5.75 Å². The maximum atomic E-state index is 9.68. The molecule has 0 spiro atoms. The number of aliphatic hydroxyl groups is 1. The SMILES string of the molecule is Cc1ccc(C(C)O)c(OCc2cc(C)no2)c1. The van der Waals surface area contributed by atoms with Crippen LogP contribution in [0.25, 0.3) is 0 Å². The molecule has 18 heavy (non-hydrogen) atoms. The molecule has 0 aliphatic rings. The molecule has 1 N–H and O–H groups in total. The van der Waals surface area contributed by atoms with Gasteiger partial charge in [0, 0.05) is 11.6 Å². The molecule has 1 heterocycles. The first-order valence-electron chi connectivity index (χ1n) is 5.90. The molecular formula is C14H17NO3. The number of aliphatic hydroxyl groups excluding tert-OH is 1. The molecule has 0 radical (unpaired) electrons. The first-order valence-corrected chi connectivity index (χ1v) is 5.90. The second-order valence-electron chi connectivity index (χ2n) is 4.44. The van der Waals surface area contributed by atoms with E-state index in [1.165, 1.54) is 0 Å². The van der Waals surface area contributed by atoms with Crippen LogP contribution in [0.4, 0.5) is 0 Å². The summed E-state index contributed by atoms with van der Waals surface area (Å²) in [5, 5.41) is 13.5. The molecule has 0 aliphatic carbocycles. The highest BCUT2D eigenvalue weighted by Crippen LogP contribution is 2.27. The number of aromatic nitrogens is 1. The van der Waals surface area contributed by atoms with E-state index in [1.807, 2.05) is 38.1 Å². The predicted octanol–water partition coefficient (Wildman–Crippen LogP) is 2.92. The van der Waals surface area contributed by atoms with Gasteiger partial charge in [-0.2, -0.15) is 0 Å². The van der Waals surface area contributed by atoms with Gasteiger partial charge in [-0.25, -0.2) is 0 Å². The van der Waals surface area contributed by atoms with E-state index in [4.69, 9.17) is 9.26 Å². The lowest BCUT2D eigenvalue weighted by Crippen LogP contribution is -2.00. The Morgan fingerprint density at radius 3 is 2.72 bits per heavy atom. The average Bonchev–Trinajstić information content (AvgIpc) is 2.72. The van der Waals surface area contributed by atoms with Crippen molar-refractivity contribution in [3.63, 3.8) is 0 Å². The Balaban J connectivity index is 2.15. The molecule has 1 atom stereocenters. The van der Waals surface area contributed by atoms with E-state index in [-0.39, 0.29) is 0 Å². The fourth-order valence-electron chi connectivity index (χ4n) is 1.74. The van der Waals surface area contributed by atoms with E-state index in [1.54, 1.807) is 6.92 Å². The maximum Gasteiger partial charge on any atom is 0.174 e. The summed E-state index contributed by atoms with van der Waals surface area (Å²) in [6, 6.07) is 7.57. The second kappa shape index (κ2) is 5.23. The summed E-state index contributed by atoms with van der Waals surface area (Å²) in [7, 11) is 0. The lowest BCUT2D eigenvalue weighted by molar-refractivity contribution is 0.186. The van der Waals surface area contributed by atoms with Gasteiger partial charge in [0.2, 0.25) is 0 Å². The Bertz CT molecular complexity index is 532. The van der Waals surface area contributed by atoms with Crippen LogP contribution in [-0.4, -0.2) is 10.3 Å². The van der Waals surface area contributed by atoms with Crippen molar-refractivity contribution in [2.45, 2.75) is 33.5 Å². The molecule has 96 valence electrons. The summed E-state index contributed by atoms with van der Waals surface area (Å²) in [6.07, 6.45) is -0.558. The quantitative estimate of drug-likeness (QED) is 0.902. The molecule has 0 saturated carbocycles. The maximum absolute atomic E-state index is 9.68. The highest BCUT2D eigenvalue weighted by Gasteiger charge is 2.10. The lowest BCUT2D eigenvalue weighted by atomic mass is 10.1. The third-order valence-corrected chi connectivity index (χ3v) is 2.67. The zero-order chi connectivity index (χ0) is 13.1. The van der Waals surface area contributed by atoms with E-state index in [0.717, 1.165) is 16.8 Å². The van der Waals surface area contributed by atoms with Gasteiger partial charge >= 0.3 is 0 Å². The van der Waals surface area contributed by atoms with Crippen LogP contribution < -0.4 is 4.74 Å². The van der Waals surface area contributed by atoms with E-state index in [2.05, 4.69) is 5.16 Å². The van der Waals surface area contributed by atoms with Gasteiger partial charge in [-0.3, -0.25) is 0 Å². The number of rotatable bonds is 4. The van der Waals surface area contributed by atoms with Gasteiger partial charge in [-0.1, -0.05) is 17.3 Å². The third kappa shape index (κ3) is 2.90. The summed E-state index contributed by atoms with van der Waals surface area (Å²) in [6.45, 7) is 5.87. The van der Waals surface area contributed by atoms with Gasteiger partial charge in [0.05, 0.1) is 11.8 Å². The summed E-state index contributed by atoms with van der Waals surface area (Å²) in [5.41, 5.74) is 2.69. The van der Waals surface area contributed by atoms with Crippen LogP contribution in [-0.2, 0) is 6.61 Å². The van der Waals surface area contributed by atoms with Crippen LogP contribution in [0, 0.1) is 13.8 Å². The first kappa shape index (κ1) is 12.6. The van der Waals surface area contributed by atoms with E-state index in [9.17, 15) is 5.11 Å². The van der Waals surface area contributed by atoms with Gasteiger partial charge < -0.3 is 14.4 Å². The first-order chi connectivity index (χ1) is 8.56. The minimum atomic E-state index is -0.558. The summed E-state index contributed by atoms with van der Waals surface area (Å²) >= 11 is 0. The van der Waals surface area contributed by atoms with Crippen LogP contribution in [0.3, 0.4) is 0 Å². The Kier molecular flexibility index (Phi) is 3.67. The van der Waals surface area contributed by atoms with Crippen molar-refractivity contribution in [3.05, 3.63) is 46.8 Å². The number of benzene rings is 1. The molecular weight excluding hydrogens is 230 g/mol. The van der Waals surface area contributed by atoms with E-state index < -0.39 is 6.10 Å². The van der Waals surface area contributed by atoms with Crippen molar-refractivity contribution in [1.82, 2.24) is 5.16 Å². The van der Waals surface area contributed by atoms with Gasteiger partial charge in [-0.15, -0.1) is 0 Å². The Morgan fingerprint density at radius 2 is 2.11 bits per heavy atom. The summed E-state index contributed by atoms with van der Waals surface area (Å²) < 4.78 is 10.8. The molecule has 0 saturated heterocycles. The monoisotopic (exact) mass is 247 g/mol. The predicted molar refractivity (Wildman–Crippen MR) is 67.4 cm³/mol. The lowest BCUT2D eigenvalue weighted by Gasteiger charge is -2.13. The zero-order valence-electron chi connectivity index (χ0n) is 10.8. The molecule has 0 fully saturated rings. The molecule has 1 aromatic carbocycles. The molecule has 4 nitrogen and oxygen atoms in total. The van der Waals surface area contributed by atoms with Crippen LogP contribution in [0.15, 0.2) is 28.8 Å². The van der Waals surface area contributed by atoms with Crippen molar-refractivity contribution < 1.29 is 14.4 Å². The minimum absolute atomic E-state index is 0.310. The van der Waals surface area contributed by atoms with E-state index >= 15 is 0 Å². The number of aryl methyl sites for hydroxylation is 2. The number of hydrogen-bond donors (Lipinski definition) is 1.